The molecule has 1 aromatic rings. The number of pyridine rings is 1. The van der Waals surface area contributed by atoms with Crippen molar-refractivity contribution in [3.05, 3.63) is 29.8 Å². The van der Waals surface area contributed by atoms with E-state index < -0.39 is 11.7 Å². The molecule has 2 aliphatic heterocycles. The van der Waals surface area contributed by atoms with E-state index in [-0.39, 0.29) is 36.3 Å². The number of carbonyl (C=O) groups is 1. The average Bonchev–Trinajstić information content (AvgIpc) is 2.96. The Kier molecular flexibility index (Phi) is 5.66. The van der Waals surface area contributed by atoms with Crippen molar-refractivity contribution < 1.29 is 19.0 Å². The van der Waals surface area contributed by atoms with Crippen LogP contribution in [0.2, 0.25) is 0 Å². The first-order valence-electron chi connectivity index (χ1n) is 8.86. The van der Waals surface area contributed by atoms with Crippen molar-refractivity contribution in [2.75, 3.05) is 39.3 Å². The Morgan fingerprint density at radius 2 is 1.96 bits per heavy atom. The predicted octanol–water partition coefficient (Wildman–Crippen LogP) is 1.01. The fourth-order valence-electron chi connectivity index (χ4n) is 3.98. The number of aromatic nitrogens is 1. The number of amides is 1. The van der Waals surface area contributed by atoms with Crippen molar-refractivity contribution in [3.63, 3.8) is 0 Å². The van der Waals surface area contributed by atoms with Crippen LogP contribution in [0.25, 0.3) is 0 Å². The molecule has 0 saturated carbocycles. The number of morpholine rings is 1. The quantitative estimate of drug-likeness (QED) is 0.877. The lowest BCUT2D eigenvalue weighted by Crippen LogP contribution is -2.48. The monoisotopic (exact) mass is 351 g/mol. The van der Waals surface area contributed by atoms with Crippen molar-refractivity contribution in [1.29, 1.82) is 0 Å². The first-order valence-corrected chi connectivity index (χ1v) is 8.86. The zero-order chi connectivity index (χ0) is 18.0. The molecular formula is C18H26FN3O3. The molecule has 7 heteroatoms. The highest BCUT2D eigenvalue weighted by molar-refractivity contribution is 5.92. The van der Waals surface area contributed by atoms with Gasteiger partial charge in [0.05, 0.1) is 12.2 Å². The molecule has 0 aromatic carbocycles. The summed E-state index contributed by atoms with van der Waals surface area (Å²) in [4.78, 5) is 20.4. The Morgan fingerprint density at radius 1 is 1.28 bits per heavy atom. The molecule has 138 valence electrons. The minimum Gasteiger partial charge on any atom is -0.396 e. The summed E-state index contributed by atoms with van der Waals surface area (Å²) in [5, 5.41) is 9.72. The van der Waals surface area contributed by atoms with Gasteiger partial charge in [0.2, 0.25) is 0 Å². The highest BCUT2D eigenvalue weighted by Crippen LogP contribution is 2.27. The van der Waals surface area contributed by atoms with Crippen molar-refractivity contribution in [1.82, 2.24) is 14.8 Å². The van der Waals surface area contributed by atoms with E-state index in [9.17, 15) is 14.3 Å². The van der Waals surface area contributed by atoms with Crippen LogP contribution in [-0.2, 0) is 4.74 Å². The second-order valence-corrected chi connectivity index (χ2v) is 7.22. The molecule has 3 rings (SSSR count). The summed E-state index contributed by atoms with van der Waals surface area (Å²) in [6.07, 6.45) is 1.78. The SMILES string of the molecule is C[C@@H]1CN(C[C@H]2CN(C(=O)c3ncccc3F)C[C@H]2CO)C[C@H](C)O1. The van der Waals surface area contributed by atoms with Gasteiger partial charge in [-0.1, -0.05) is 0 Å². The number of halogens is 1. The lowest BCUT2D eigenvalue weighted by Gasteiger charge is -2.37. The van der Waals surface area contributed by atoms with Gasteiger partial charge in [0.15, 0.2) is 11.5 Å². The minimum absolute atomic E-state index is 0.00387. The number of aliphatic hydroxyl groups is 1. The molecule has 2 aliphatic rings. The van der Waals surface area contributed by atoms with Crippen LogP contribution >= 0.6 is 0 Å². The van der Waals surface area contributed by atoms with Crippen molar-refractivity contribution in [2.45, 2.75) is 26.1 Å². The van der Waals surface area contributed by atoms with Gasteiger partial charge in [0, 0.05) is 51.4 Å². The largest absolute Gasteiger partial charge is 0.396 e. The van der Waals surface area contributed by atoms with E-state index in [1.807, 2.05) is 0 Å². The van der Waals surface area contributed by atoms with E-state index >= 15 is 0 Å². The first-order chi connectivity index (χ1) is 12.0. The number of aliphatic hydroxyl groups excluding tert-OH is 1. The second-order valence-electron chi connectivity index (χ2n) is 7.22. The predicted molar refractivity (Wildman–Crippen MR) is 90.6 cm³/mol. The highest BCUT2D eigenvalue weighted by Gasteiger charge is 2.38. The van der Waals surface area contributed by atoms with Gasteiger partial charge in [0.1, 0.15) is 0 Å². The number of hydrogen-bond donors (Lipinski definition) is 1. The average molecular weight is 351 g/mol. The van der Waals surface area contributed by atoms with Crippen molar-refractivity contribution in [2.24, 2.45) is 11.8 Å². The van der Waals surface area contributed by atoms with E-state index in [0.29, 0.717) is 13.1 Å². The zero-order valence-electron chi connectivity index (χ0n) is 14.8. The normalized spacial score (nSPS) is 30.6. The van der Waals surface area contributed by atoms with Gasteiger partial charge in [-0.3, -0.25) is 9.69 Å². The maximum Gasteiger partial charge on any atom is 0.275 e. The number of nitrogens with zero attached hydrogens (tertiary/aromatic N) is 3. The van der Waals surface area contributed by atoms with Crippen molar-refractivity contribution in [3.8, 4) is 0 Å². The Morgan fingerprint density at radius 3 is 2.60 bits per heavy atom. The molecule has 1 amide bonds. The topological polar surface area (TPSA) is 65.9 Å². The molecule has 0 bridgehead atoms. The molecule has 1 aromatic heterocycles. The van der Waals surface area contributed by atoms with E-state index in [1.54, 1.807) is 4.90 Å². The number of carbonyl (C=O) groups excluding carboxylic acids is 1. The van der Waals surface area contributed by atoms with Crippen LogP contribution in [0.15, 0.2) is 18.3 Å². The Bertz CT molecular complexity index is 605. The van der Waals surface area contributed by atoms with Gasteiger partial charge in [0.25, 0.3) is 5.91 Å². The standard InChI is InChI=1S/C18H26FN3O3/c1-12-6-21(7-13(2)25-12)8-14-9-22(10-15(14)11-23)18(24)17-16(19)4-3-5-20-17/h3-5,12-15,23H,6-11H2,1-2H3/t12-,13+,14-,15-/m0/s1. The molecule has 2 fully saturated rings. The molecule has 0 unspecified atom stereocenters. The summed E-state index contributed by atoms with van der Waals surface area (Å²) in [5.74, 6) is -0.836. The van der Waals surface area contributed by atoms with Crippen LogP contribution in [0, 0.1) is 17.7 Å². The van der Waals surface area contributed by atoms with Gasteiger partial charge < -0.3 is 14.7 Å². The number of ether oxygens (including phenoxy) is 1. The number of rotatable bonds is 4. The van der Waals surface area contributed by atoms with E-state index in [0.717, 1.165) is 19.6 Å². The van der Waals surface area contributed by atoms with Gasteiger partial charge in [-0.2, -0.15) is 0 Å². The number of likely N-dealkylation sites (tertiary alicyclic amines) is 1. The summed E-state index contributed by atoms with van der Waals surface area (Å²) >= 11 is 0. The van der Waals surface area contributed by atoms with Crippen LogP contribution in [0.4, 0.5) is 4.39 Å². The number of hydrogen-bond acceptors (Lipinski definition) is 5. The fraction of sp³-hybridized carbons (Fsp3) is 0.667. The second kappa shape index (κ2) is 7.76. The van der Waals surface area contributed by atoms with Crippen LogP contribution < -0.4 is 0 Å². The van der Waals surface area contributed by atoms with E-state index in [2.05, 4.69) is 23.7 Å². The summed E-state index contributed by atoms with van der Waals surface area (Å²) < 4.78 is 19.6. The van der Waals surface area contributed by atoms with Crippen LogP contribution in [0.3, 0.4) is 0 Å². The van der Waals surface area contributed by atoms with E-state index in [1.165, 1.54) is 18.3 Å². The maximum absolute atomic E-state index is 13.8. The third kappa shape index (κ3) is 4.16. The highest BCUT2D eigenvalue weighted by atomic mass is 19.1. The molecule has 25 heavy (non-hydrogen) atoms. The summed E-state index contributed by atoms with van der Waals surface area (Å²) in [7, 11) is 0. The Balaban J connectivity index is 1.66. The summed E-state index contributed by atoms with van der Waals surface area (Å²) in [6, 6.07) is 2.71. The van der Waals surface area contributed by atoms with Gasteiger partial charge in [-0.05, 0) is 31.9 Å². The van der Waals surface area contributed by atoms with Crippen LogP contribution in [-0.4, -0.2) is 77.3 Å². The summed E-state index contributed by atoms with van der Waals surface area (Å²) in [6.45, 7) is 7.59. The first kappa shape index (κ1) is 18.2. The Hall–Kier alpha value is -1.57. The molecule has 6 nitrogen and oxygen atoms in total. The molecule has 4 atom stereocenters. The third-order valence-electron chi connectivity index (χ3n) is 5.05. The van der Waals surface area contributed by atoms with Crippen LogP contribution in [0.5, 0.6) is 0 Å². The zero-order valence-corrected chi connectivity index (χ0v) is 14.8. The molecular weight excluding hydrogens is 325 g/mol. The third-order valence-corrected chi connectivity index (χ3v) is 5.05. The minimum atomic E-state index is -0.604. The molecule has 1 N–H and O–H groups in total. The maximum atomic E-state index is 13.8. The van der Waals surface area contributed by atoms with Gasteiger partial charge in [-0.25, -0.2) is 9.37 Å². The molecule has 0 aliphatic carbocycles. The smallest absolute Gasteiger partial charge is 0.275 e. The molecule has 3 heterocycles. The lowest BCUT2D eigenvalue weighted by atomic mass is 9.96. The molecule has 0 radical (unpaired) electrons. The van der Waals surface area contributed by atoms with E-state index in [4.69, 9.17) is 4.74 Å². The fourth-order valence-corrected chi connectivity index (χ4v) is 3.98. The Labute approximate surface area is 147 Å². The molecule has 0 spiro atoms. The van der Waals surface area contributed by atoms with Crippen LogP contribution in [0.1, 0.15) is 24.3 Å². The van der Waals surface area contributed by atoms with Gasteiger partial charge in [-0.15, -0.1) is 0 Å². The molecule has 2 saturated heterocycles. The summed E-state index contributed by atoms with van der Waals surface area (Å²) in [5.41, 5.74) is -0.145. The van der Waals surface area contributed by atoms with Crippen molar-refractivity contribution >= 4 is 5.91 Å². The lowest BCUT2D eigenvalue weighted by molar-refractivity contribution is -0.0726. The van der Waals surface area contributed by atoms with Gasteiger partial charge >= 0.3 is 0 Å².